The number of aliphatic hydroxyl groups is 3. The minimum Gasteiger partial charge on any atom is -1.00 e. The molecule has 0 aromatic rings. The smallest absolute Gasteiger partial charge is 1.00 e. The molecular weight excluding hydrogens is 132 g/mol. The van der Waals surface area contributed by atoms with Crippen LogP contribution in [0.2, 0.25) is 0 Å². The van der Waals surface area contributed by atoms with Crippen molar-refractivity contribution in [3.05, 3.63) is 0 Å². The largest absolute Gasteiger partial charge is 2.00 e. The molecule has 0 aliphatic heterocycles. The maximum absolute atomic E-state index is 8.47. The van der Waals surface area contributed by atoms with Crippen LogP contribution in [0.1, 0.15) is 9.78 Å². The molecule has 0 rings (SSSR count). The fourth-order valence-electron chi connectivity index (χ4n) is 0.150. The Kier molecular flexibility index (Phi) is 7.45. The van der Waals surface area contributed by atoms with E-state index in [2.05, 4.69) is 0 Å². The Morgan fingerprint density at radius 3 is 1.33 bits per heavy atom. The fraction of sp³-hybridized carbons (Fsp3) is 1.00. The van der Waals surface area contributed by atoms with Gasteiger partial charge in [0.25, 0.3) is 0 Å². The molecule has 0 saturated heterocycles. The Morgan fingerprint density at radius 1 is 1.11 bits per heavy atom. The van der Waals surface area contributed by atoms with Gasteiger partial charge in [-0.15, -0.1) is 0 Å². The van der Waals surface area contributed by atoms with Crippen LogP contribution >= 0.6 is 0 Å². The van der Waals surface area contributed by atoms with Crippen LogP contribution in [0.4, 0.5) is 0 Å². The maximum atomic E-state index is 8.47. The van der Waals surface area contributed by atoms with E-state index in [1.54, 1.807) is 6.92 Å². The zero-order valence-electron chi connectivity index (χ0n) is 7.67. The summed E-state index contributed by atoms with van der Waals surface area (Å²) < 4.78 is 0. The molecule has 0 aromatic carbocycles. The molecule has 0 atom stereocenters. The van der Waals surface area contributed by atoms with Gasteiger partial charge in [0.15, 0.2) is 0 Å². The van der Waals surface area contributed by atoms with Crippen LogP contribution in [0, 0.1) is 5.41 Å². The fourth-order valence-corrected chi connectivity index (χ4v) is 0.150. The van der Waals surface area contributed by atoms with Crippen molar-refractivity contribution in [2.45, 2.75) is 6.92 Å². The summed E-state index contributed by atoms with van der Waals surface area (Å²) in [6, 6.07) is 0. The molecule has 0 bridgehead atoms. The molecule has 4 heteroatoms. The second kappa shape index (κ2) is 5.43. The Balaban J connectivity index is -0.0000000817. The van der Waals surface area contributed by atoms with Gasteiger partial charge < -0.3 is 18.2 Å². The molecule has 0 aromatic heterocycles. The van der Waals surface area contributed by atoms with E-state index in [-0.39, 0.29) is 45.7 Å². The van der Waals surface area contributed by atoms with Crippen molar-refractivity contribution in [3.8, 4) is 0 Å². The van der Waals surface area contributed by atoms with Crippen molar-refractivity contribution >= 4 is 23.1 Å². The topological polar surface area (TPSA) is 60.7 Å². The molecule has 3 N–H and O–H groups in total. The van der Waals surface area contributed by atoms with Crippen molar-refractivity contribution in [1.82, 2.24) is 0 Å². The molecular formula is C5H14MgO3. The predicted molar refractivity (Wildman–Crippen MR) is 37.3 cm³/mol. The Hall–Kier alpha value is 0.646. The zero-order chi connectivity index (χ0) is 6.62. The minimum atomic E-state index is -0.708. The van der Waals surface area contributed by atoms with E-state index in [9.17, 15) is 0 Å². The summed E-state index contributed by atoms with van der Waals surface area (Å²) in [7, 11) is 0. The summed E-state index contributed by atoms with van der Waals surface area (Å²) in [5, 5.41) is 25.4. The Labute approximate surface area is 73.8 Å². The molecule has 0 spiro atoms. The third-order valence-electron chi connectivity index (χ3n) is 1.15. The van der Waals surface area contributed by atoms with E-state index < -0.39 is 5.41 Å². The first-order valence-electron chi connectivity index (χ1n) is 2.51. The van der Waals surface area contributed by atoms with E-state index in [0.29, 0.717) is 0 Å². The van der Waals surface area contributed by atoms with E-state index >= 15 is 0 Å². The van der Waals surface area contributed by atoms with Crippen LogP contribution in [-0.2, 0) is 0 Å². The van der Waals surface area contributed by atoms with Gasteiger partial charge in [-0.05, 0) is 0 Å². The summed E-state index contributed by atoms with van der Waals surface area (Å²) in [5.41, 5.74) is -0.708. The molecule has 0 unspecified atom stereocenters. The normalized spacial score (nSPS) is 10.7. The van der Waals surface area contributed by atoms with Crippen LogP contribution in [-0.4, -0.2) is 58.2 Å². The van der Waals surface area contributed by atoms with Gasteiger partial charge in [0.2, 0.25) is 0 Å². The quantitative estimate of drug-likeness (QED) is 0.439. The summed E-state index contributed by atoms with van der Waals surface area (Å²) in [6.45, 7) is 1.06. The average molecular weight is 146 g/mol. The third-order valence-corrected chi connectivity index (χ3v) is 1.15. The first-order chi connectivity index (χ1) is 3.68. The molecule has 0 heterocycles. The molecule has 0 amide bonds. The standard InChI is InChI=1S/C5H12O3.Mg.2H/c1-5(2-6,3-7)4-8;;;/h6-8H,2-4H2,1H3;;;/q;+2;2*-1. The molecule has 0 fully saturated rings. The minimum absolute atomic E-state index is 0. The van der Waals surface area contributed by atoms with E-state index in [1.165, 1.54) is 0 Å². The van der Waals surface area contributed by atoms with Crippen LogP contribution in [0.5, 0.6) is 0 Å². The van der Waals surface area contributed by atoms with E-state index in [1.807, 2.05) is 0 Å². The third kappa shape index (κ3) is 4.10. The first-order valence-corrected chi connectivity index (χ1v) is 2.51. The average Bonchev–Trinajstić information content (AvgIpc) is 1.87. The van der Waals surface area contributed by atoms with Crippen LogP contribution in [0.25, 0.3) is 0 Å². The van der Waals surface area contributed by atoms with E-state index in [0.717, 1.165) is 0 Å². The number of hydrogen-bond donors (Lipinski definition) is 3. The van der Waals surface area contributed by atoms with Gasteiger partial charge >= 0.3 is 23.1 Å². The number of hydrogen-bond acceptors (Lipinski definition) is 3. The van der Waals surface area contributed by atoms with E-state index in [4.69, 9.17) is 15.3 Å². The van der Waals surface area contributed by atoms with Gasteiger partial charge in [-0.1, -0.05) is 6.92 Å². The molecule has 9 heavy (non-hydrogen) atoms. The van der Waals surface area contributed by atoms with Gasteiger partial charge in [0.1, 0.15) is 0 Å². The molecule has 0 aliphatic rings. The van der Waals surface area contributed by atoms with Crippen molar-refractivity contribution in [3.63, 3.8) is 0 Å². The molecule has 3 nitrogen and oxygen atoms in total. The van der Waals surface area contributed by atoms with Gasteiger partial charge in [0.05, 0.1) is 19.8 Å². The maximum Gasteiger partial charge on any atom is 2.00 e. The second-order valence-corrected chi connectivity index (χ2v) is 2.29. The number of rotatable bonds is 3. The Morgan fingerprint density at radius 2 is 1.33 bits per heavy atom. The molecule has 0 aliphatic carbocycles. The summed E-state index contributed by atoms with van der Waals surface area (Å²) in [5.74, 6) is 0. The van der Waals surface area contributed by atoms with Crippen molar-refractivity contribution in [2.75, 3.05) is 19.8 Å². The summed E-state index contributed by atoms with van der Waals surface area (Å²) in [6.07, 6.45) is 0. The van der Waals surface area contributed by atoms with Crippen molar-refractivity contribution in [1.29, 1.82) is 0 Å². The van der Waals surface area contributed by atoms with Crippen LogP contribution in [0.15, 0.2) is 0 Å². The van der Waals surface area contributed by atoms with Gasteiger partial charge in [-0.25, -0.2) is 0 Å². The van der Waals surface area contributed by atoms with Crippen molar-refractivity contribution in [2.24, 2.45) is 5.41 Å². The van der Waals surface area contributed by atoms with Crippen LogP contribution < -0.4 is 0 Å². The zero-order valence-corrected chi connectivity index (χ0v) is 7.08. The molecule has 54 valence electrons. The Bertz CT molecular complexity index is 62.5. The van der Waals surface area contributed by atoms with Gasteiger partial charge in [0, 0.05) is 5.41 Å². The first kappa shape index (κ1) is 12.3. The van der Waals surface area contributed by atoms with Crippen molar-refractivity contribution < 1.29 is 18.2 Å². The monoisotopic (exact) mass is 146 g/mol. The SMILES string of the molecule is CC(CO)(CO)CO.[H-].[H-].[Mg+2]. The predicted octanol–water partition coefficient (Wildman–Crippen LogP) is -1.19. The molecule has 0 radical (unpaired) electrons. The molecule has 0 saturated carbocycles. The number of aliphatic hydroxyl groups excluding tert-OH is 3. The second-order valence-electron chi connectivity index (χ2n) is 2.29. The summed E-state index contributed by atoms with van der Waals surface area (Å²) in [4.78, 5) is 0. The summed E-state index contributed by atoms with van der Waals surface area (Å²) >= 11 is 0. The van der Waals surface area contributed by atoms with Gasteiger partial charge in [-0.3, -0.25) is 0 Å². The van der Waals surface area contributed by atoms with Gasteiger partial charge in [-0.2, -0.15) is 0 Å². The van der Waals surface area contributed by atoms with Crippen LogP contribution in [0.3, 0.4) is 0 Å².